The lowest BCUT2D eigenvalue weighted by Gasteiger charge is -2.14. The van der Waals surface area contributed by atoms with Gasteiger partial charge in [0.15, 0.2) is 11.4 Å². The quantitative estimate of drug-likeness (QED) is 0.287. The fourth-order valence-corrected chi connectivity index (χ4v) is 4.49. The maximum Gasteiger partial charge on any atom is 0.349 e. The van der Waals surface area contributed by atoms with Crippen LogP contribution in [0.1, 0.15) is 18.5 Å². The van der Waals surface area contributed by atoms with Gasteiger partial charge in [0.05, 0.1) is 21.5 Å². The van der Waals surface area contributed by atoms with Crippen LogP contribution in [0.4, 0.5) is 8.78 Å². The van der Waals surface area contributed by atoms with Gasteiger partial charge in [-0.15, -0.1) is 0 Å². The number of phenolic OH excluding ortho intramolecular Hbond substituents is 1. The summed E-state index contributed by atoms with van der Waals surface area (Å²) >= 11 is 12.4. The van der Waals surface area contributed by atoms with Gasteiger partial charge in [0.2, 0.25) is 10.0 Å². The number of H-pyrrole nitrogens is 1. The molecule has 0 aliphatic rings. The summed E-state index contributed by atoms with van der Waals surface area (Å²) in [5.41, 5.74) is -3.85. The standard InChI is InChI=1S/C20H16Cl2F2N4O7S/c1-9(29)4-5-25-36(33,34)15-8-11(2-3-14(15)30)35-17-12(21)6-10(7-13(17)22)28-20(32)26-19(31)16(27-28)18(23)24/h2-3,6-8,18,25,29-30H,1,4-5H2,(H,26,31,32). The van der Waals surface area contributed by atoms with Crippen molar-refractivity contribution in [3.8, 4) is 22.9 Å². The van der Waals surface area contributed by atoms with Crippen LogP contribution in [-0.2, 0) is 10.0 Å². The Bertz CT molecular complexity index is 1540. The molecule has 1 heterocycles. The summed E-state index contributed by atoms with van der Waals surface area (Å²) in [6.45, 7) is 3.06. The maximum atomic E-state index is 13.0. The summed E-state index contributed by atoms with van der Waals surface area (Å²) in [7, 11) is -4.22. The number of alkyl halides is 2. The van der Waals surface area contributed by atoms with Gasteiger partial charge >= 0.3 is 5.69 Å². The fraction of sp³-hybridized carbons (Fsp3) is 0.150. The highest BCUT2D eigenvalue weighted by atomic mass is 35.5. The van der Waals surface area contributed by atoms with Gasteiger partial charge in [-0.05, 0) is 24.3 Å². The summed E-state index contributed by atoms with van der Waals surface area (Å²) in [4.78, 5) is 24.7. The Morgan fingerprint density at radius 3 is 2.44 bits per heavy atom. The van der Waals surface area contributed by atoms with Gasteiger partial charge in [-0.25, -0.2) is 26.7 Å². The van der Waals surface area contributed by atoms with E-state index in [0.717, 1.165) is 24.3 Å². The molecule has 0 unspecified atom stereocenters. The highest BCUT2D eigenvalue weighted by Gasteiger charge is 2.22. The molecule has 0 saturated carbocycles. The molecule has 3 aromatic rings. The molecule has 1 aromatic heterocycles. The first-order valence-corrected chi connectivity index (χ1v) is 11.9. The number of nitrogens with one attached hydrogen (secondary N) is 2. The molecule has 0 spiro atoms. The Kier molecular flexibility index (Phi) is 8.03. The number of aromatic nitrogens is 3. The number of phenols is 1. The Morgan fingerprint density at radius 2 is 1.86 bits per heavy atom. The van der Waals surface area contributed by atoms with E-state index in [1.807, 2.05) is 0 Å². The normalized spacial score (nSPS) is 11.6. The third-order valence-corrected chi connectivity index (χ3v) is 6.49. The van der Waals surface area contributed by atoms with E-state index in [9.17, 15) is 31.9 Å². The Hall–Kier alpha value is -3.46. The number of benzene rings is 2. The summed E-state index contributed by atoms with van der Waals surface area (Å²) in [6.07, 6.45) is -3.31. The molecule has 0 aliphatic carbocycles. The van der Waals surface area contributed by atoms with Gasteiger partial charge in [0.1, 0.15) is 16.4 Å². The smallest absolute Gasteiger partial charge is 0.349 e. The van der Waals surface area contributed by atoms with Crippen molar-refractivity contribution >= 4 is 33.2 Å². The van der Waals surface area contributed by atoms with E-state index >= 15 is 0 Å². The summed E-state index contributed by atoms with van der Waals surface area (Å²) in [5.74, 6) is -1.15. The number of nitrogens with zero attached hydrogens (tertiary/aromatic N) is 2. The zero-order valence-corrected chi connectivity index (χ0v) is 20.2. The molecule has 3 rings (SSSR count). The average Bonchev–Trinajstić information content (AvgIpc) is 2.76. The molecular formula is C20H16Cl2F2N4O7S. The monoisotopic (exact) mass is 564 g/mol. The number of hydrogen-bond acceptors (Lipinski definition) is 8. The van der Waals surface area contributed by atoms with Crippen LogP contribution in [-0.4, -0.2) is 39.9 Å². The third kappa shape index (κ3) is 6.02. The molecule has 0 atom stereocenters. The SMILES string of the molecule is C=C(O)CCNS(=O)(=O)c1cc(Oc2c(Cl)cc(-n3nc(C(F)F)c(=O)[nH]c3=O)cc2Cl)ccc1O. The van der Waals surface area contributed by atoms with Crippen LogP contribution in [0.2, 0.25) is 10.0 Å². The first-order valence-electron chi connectivity index (χ1n) is 9.68. The minimum atomic E-state index is -4.22. The van der Waals surface area contributed by atoms with Gasteiger partial charge in [0, 0.05) is 19.0 Å². The molecule has 4 N–H and O–H groups in total. The zero-order chi connectivity index (χ0) is 26.8. The minimum Gasteiger partial charge on any atom is -0.513 e. The molecule has 0 bridgehead atoms. The fourth-order valence-electron chi connectivity index (χ4n) is 2.80. The molecule has 36 heavy (non-hydrogen) atoms. The summed E-state index contributed by atoms with van der Waals surface area (Å²) in [6, 6.07) is 5.42. The van der Waals surface area contributed by atoms with Crippen LogP contribution in [0, 0.1) is 0 Å². The van der Waals surface area contributed by atoms with Crippen LogP contribution in [0.15, 0.2) is 57.2 Å². The molecule has 0 amide bonds. The van der Waals surface area contributed by atoms with E-state index < -0.39 is 44.0 Å². The van der Waals surface area contributed by atoms with Crippen LogP contribution in [0.25, 0.3) is 5.69 Å². The van der Waals surface area contributed by atoms with Crippen molar-refractivity contribution in [2.45, 2.75) is 17.7 Å². The number of aromatic hydroxyl groups is 1. The van der Waals surface area contributed by atoms with Gasteiger partial charge in [0.25, 0.3) is 12.0 Å². The first kappa shape index (κ1) is 27.1. The largest absolute Gasteiger partial charge is 0.513 e. The number of aliphatic hydroxyl groups is 1. The van der Waals surface area contributed by atoms with Gasteiger partial charge < -0.3 is 14.9 Å². The molecule has 0 saturated heterocycles. The second-order valence-corrected chi connectivity index (χ2v) is 9.59. The van der Waals surface area contributed by atoms with Crippen molar-refractivity contribution in [1.29, 1.82) is 0 Å². The van der Waals surface area contributed by atoms with Crippen molar-refractivity contribution < 1.29 is 32.1 Å². The number of rotatable bonds is 9. The Balaban J connectivity index is 1.96. The average molecular weight is 565 g/mol. The van der Waals surface area contributed by atoms with Gasteiger partial charge in [-0.2, -0.15) is 9.78 Å². The molecule has 16 heteroatoms. The Morgan fingerprint density at radius 1 is 1.22 bits per heavy atom. The number of halogens is 4. The lowest BCUT2D eigenvalue weighted by atomic mass is 10.3. The number of ether oxygens (including phenoxy) is 1. The molecular weight excluding hydrogens is 549 g/mol. The van der Waals surface area contributed by atoms with E-state index in [-0.39, 0.29) is 46.0 Å². The molecule has 2 aromatic carbocycles. The summed E-state index contributed by atoms with van der Waals surface area (Å²) in [5, 5.41) is 22.0. The van der Waals surface area contributed by atoms with Crippen molar-refractivity contribution in [2.75, 3.05) is 6.54 Å². The van der Waals surface area contributed by atoms with Crippen LogP contribution < -0.4 is 20.7 Å². The van der Waals surface area contributed by atoms with Crippen molar-refractivity contribution in [3.05, 3.63) is 79.2 Å². The molecule has 192 valence electrons. The van der Waals surface area contributed by atoms with E-state index in [4.69, 9.17) is 33.0 Å². The number of aliphatic hydroxyl groups excluding tert-OH is 1. The molecule has 0 radical (unpaired) electrons. The number of aromatic amines is 1. The van der Waals surface area contributed by atoms with Crippen molar-refractivity contribution in [3.63, 3.8) is 0 Å². The Labute approximate surface area is 211 Å². The highest BCUT2D eigenvalue weighted by Crippen LogP contribution is 2.39. The van der Waals surface area contributed by atoms with E-state index in [1.165, 1.54) is 6.07 Å². The predicted octanol–water partition coefficient (Wildman–Crippen LogP) is 3.40. The minimum absolute atomic E-state index is 0.0558. The maximum absolute atomic E-state index is 13.0. The van der Waals surface area contributed by atoms with E-state index in [1.54, 1.807) is 4.98 Å². The van der Waals surface area contributed by atoms with Gasteiger partial charge in [-0.1, -0.05) is 29.8 Å². The van der Waals surface area contributed by atoms with E-state index in [0.29, 0.717) is 4.68 Å². The van der Waals surface area contributed by atoms with Crippen LogP contribution >= 0.6 is 23.2 Å². The second-order valence-electron chi connectivity index (χ2n) is 7.04. The molecule has 0 aliphatic heterocycles. The second kappa shape index (κ2) is 10.7. The summed E-state index contributed by atoms with van der Waals surface area (Å²) < 4.78 is 59.2. The van der Waals surface area contributed by atoms with Crippen molar-refractivity contribution in [1.82, 2.24) is 19.5 Å². The molecule has 0 fully saturated rings. The zero-order valence-electron chi connectivity index (χ0n) is 17.8. The van der Waals surface area contributed by atoms with Crippen LogP contribution in [0.5, 0.6) is 17.2 Å². The lowest BCUT2D eigenvalue weighted by molar-refractivity contribution is 0.141. The first-order chi connectivity index (χ1) is 16.8. The van der Waals surface area contributed by atoms with Crippen LogP contribution in [0.3, 0.4) is 0 Å². The third-order valence-electron chi connectivity index (χ3n) is 4.43. The number of hydrogen-bond donors (Lipinski definition) is 4. The predicted molar refractivity (Wildman–Crippen MR) is 125 cm³/mol. The lowest BCUT2D eigenvalue weighted by Crippen LogP contribution is -2.34. The highest BCUT2D eigenvalue weighted by molar-refractivity contribution is 7.89. The van der Waals surface area contributed by atoms with Crippen molar-refractivity contribution in [2.24, 2.45) is 0 Å². The number of sulfonamides is 1. The topological polar surface area (TPSA) is 164 Å². The van der Waals surface area contributed by atoms with E-state index in [2.05, 4.69) is 16.4 Å². The molecule has 11 nitrogen and oxygen atoms in total. The van der Waals surface area contributed by atoms with Gasteiger partial charge in [-0.3, -0.25) is 9.78 Å².